The number of aliphatic hydroxyl groups excluding tert-OH is 1. The highest BCUT2D eigenvalue weighted by Gasteiger charge is 2.42. The zero-order valence-electron chi connectivity index (χ0n) is 17.3. The Kier molecular flexibility index (Phi) is 6.26. The number of hydrogen-bond donors (Lipinski definition) is 1. The SMILES string of the molecule is COc1ccc(CCN2C[C@H]3C[C@@H](Oc4ccccc4OC)[C@H](O)C[C@H]3C2)cc1. The topological polar surface area (TPSA) is 51.2 Å². The Bertz CT molecular complexity index is 794. The van der Waals surface area contributed by atoms with Crippen LogP contribution in [0.5, 0.6) is 17.2 Å². The van der Waals surface area contributed by atoms with Crippen molar-refractivity contribution in [2.45, 2.75) is 31.5 Å². The standard InChI is InChI=1S/C24H31NO4/c1-27-20-9-7-17(8-10-20)11-12-25-15-18-13-21(26)24(14-19(18)16-25)29-23-6-4-3-5-22(23)28-2/h3-10,18-19,21,24,26H,11-16H2,1-2H3/t18-,19+,21+,24+/m0/s1. The number of likely N-dealkylation sites (tertiary alicyclic amines) is 1. The quantitative estimate of drug-likeness (QED) is 0.776. The van der Waals surface area contributed by atoms with E-state index in [0.717, 1.165) is 50.4 Å². The van der Waals surface area contributed by atoms with Crippen LogP contribution in [0.2, 0.25) is 0 Å². The number of nitrogens with zero attached hydrogens (tertiary/aromatic N) is 1. The number of benzene rings is 2. The molecule has 156 valence electrons. The van der Waals surface area contributed by atoms with Crippen LogP contribution in [0.1, 0.15) is 18.4 Å². The molecule has 4 rings (SSSR count). The number of hydrogen-bond acceptors (Lipinski definition) is 5. The van der Waals surface area contributed by atoms with Crippen molar-refractivity contribution < 1.29 is 19.3 Å². The van der Waals surface area contributed by atoms with E-state index < -0.39 is 6.10 Å². The zero-order valence-corrected chi connectivity index (χ0v) is 17.3. The highest BCUT2D eigenvalue weighted by Crippen LogP contribution is 2.39. The molecule has 4 atom stereocenters. The molecule has 0 radical (unpaired) electrons. The molecule has 1 saturated carbocycles. The van der Waals surface area contributed by atoms with Crippen LogP contribution in [0.15, 0.2) is 48.5 Å². The number of para-hydroxylation sites is 2. The third-order valence-corrected chi connectivity index (χ3v) is 6.38. The Balaban J connectivity index is 1.32. The van der Waals surface area contributed by atoms with E-state index in [9.17, 15) is 5.11 Å². The molecule has 0 amide bonds. The van der Waals surface area contributed by atoms with Gasteiger partial charge < -0.3 is 24.2 Å². The molecule has 1 heterocycles. The van der Waals surface area contributed by atoms with Gasteiger partial charge in [-0.25, -0.2) is 0 Å². The number of methoxy groups -OCH3 is 2. The minimum absolute atomic E-state index is 0.172. The summed E-state index contributed by atoms with van der Waals surface area (Å²) in [6, 6.07) is 16.0. The van der Waals surface area contributed by atoms with Crippen molar-refractivity contribution in [1.29, 1.82) is 0 Å². The van der Waals surface area contributed by atoms with Gasteiger partial charge in [-0.2, -0.15) is 0 Å². The second-order valence-electron chi connectivity index (χ2n) is 8.22. The van der Waals surface area contributed by atoms with Gasteiger partial charge in [-0.3, -0.25) is 0 Å². The molecule has 5 nitrogen and oxygen atoms in total. The maximum absolute atomic E-state index is 10.7. The molecule has 0 spiro atoms. The summed E-state index contributed by atoms with van der Waals surface area (Å²) in [5, 5.41) is 10.7. The molecular formula is C24H31NO4. The van der Waals surface area contributed by atoms with E-state index in [-0.39, 0.29) is 6.10 Å². The van der Waals surface area contributed by atoms with Gasteiger partial charge in [0.25, 0.3) is 0 Å². The average Bonchev–Trinajstić information content (AvgIpc) is 3.14. The number of ether oxygens (including phenoxy) is 3. The minimum atomic E-state index is -0.428. The molecule has 2 aliphatic rings. The normalized spacial score (nSPS) is 26.7. The summed E-state index contributed by atoms with van der Waals surface area (Å²) in [4.78, 5) is 2.54. The average molecular weight is 398 g/mol. The van der Waals surface area contributed by atoms with Crippen molar-refractivity contribution in [2.24, 2.45) is 11.8 Å². The van der Waals surface area contributed by atoms with E-state index in [1.54, 1.807) is 14.2 Å². The van der Waals surface area contributed by atoms with Crippen LogP contribution in [0.3, 0.4) is 0 Å². The van der Waals surface area contributed by atoms with Gasteiger partial charge in [0.05, 0.1) is 20.3 Å². The first-order valence-electron chi connectivity index (χ1n) is 10.5. The van der Waals surface area contributed by atoms with Crippen LogP contribution in [-0.2, 0) is 6.42 Å². The van der Waals surface area contributed by atoms with E-state index in [1.165, 1.54) is 5.56 Å². The third-order valence-electron chi connectivity index (χ3n) is 6.38. The van der Waals surface area contributed by atoms with Gasteiger partial charge in [0.1, 0.15) is 11.9 Å². The van der Waals surface area contributed by atoms with E-state index in [1.807, 2.05) is 36.4 Å². The molecule has 1 aliphatic heterocycles. The lowest BCUT2D eigenvalue weighted by atomic mass is 9.78. The number of fused-ring (bicyclic) bond motifs is 1. The van der Waals surface area contributed by atoms with Crippen LogP contribution < -0.4 is 14.2 Å². The van der Waals surface area contributed by atoms with Crippen LogP contribution in [0.4, 0.5) is 0 Å². The molecule has 2 fully saturated rings. The van der Waals surface area contributed by atoms with E-state index >= 15 is 0 Å². The smallest absolute Gasteiger partial charge is 0.161 e. The third kappa shape index (κ3) is 4.68. The van der Waals surface area contributed by atoms with Crippen LogP contribution in [-0.4, -0.2) is 56.1 Å². The van der Waals surface area contributed by atoms with Crippen LogP contribution in [0, 0.1) is 11.8 Å². The Hall–Kier alpha value is -2.24. The minimum Gasteiger partial charge on any atom is -0.497 e. The molecule has 5 heteroatoms. The Labute approximate surface area is 173 Å². The molecule has 1 saturated heterocycles. The number of rotatable bonds is 7. The van der Waals surface area contributed by atoms with Crippen LogP contribution in [0.25, 0.3) is 0 Å². The van der Waals surface area contributed by atoms with Gasteiger partial charge in [-0.05, 0) is 60.9 Å². The summed E-state index contributed by atoms with van der Waals surface area (Å²) >= 11 is 0. The molecule has 0 aromatic heterocycles. The maximum Gasteiger partial charge on any atom is 0.161 e. The fourth-order valence-electron chi connectivity index (χ4n) is 4.76. The fraction of sp³-hybridized carbons (Fsp3) is 0.500. The summed E-state index contributed by atoms with van der Waals surface area (Å²) in [7, 11) is 3.34. The van der Waals surface area contributed by atoms with Gasteiger partial charge in [0.15, 0.2) is 11.5 Å². The lowest BCUT2D eigenvalue weighted by molar-refractivity contribution is -0.0240. The van der Waals surface area contributed by atoms with E-state index in [4.69, 9.17) is 14.2 Å². The van der Waals surface area contributed by atoms with Crippen molar-refractivity contribution >= 4 is 0 Å². The second-order valence-corrected chi connectivity index (χ2v) is 8.22. The van der Waals surface area contributed by atoms with Crippen LogP contribution >= 0.6 is 0 Å². The van der Waals surface area contributed by atoms with Crippen molar-refractivity contribution in [3.8, 4) is 17.2 Å². The molecule has 2 aromatic carbocycles. The zero-order chi connectivity index (χ0) is 20.2. The van der Waals surface area contributed by atoms with Gasteiger partial charge >= 0.3 is 0 Å². The molecule has 2 aromatic rings. The predicted molar refractivity (Wildman–Crippen MR) is 113 cm³/mol. The van der Waals surface area contributed by atoms with E-state index in [2.05, 4.69) is 17.0 Å². The van der Waals surface area contributed by atoms with Crippen molar-refractivity contribution in [1.82, 2.24) is 4.90 Å². The van der Waals surface area contributed by atoms with Gasteiger partial charge in [-0.1, -0.05) is 24.3 Å². The van der Waals surface area contributed by atoms with Crippen molar-refractivity contribution in [2.75, 3.05) is 33.9 Å². The summed E-state index contributed by atoms with van der Waals surface area (Å²) in [6.07, 6.45) is 2.14. The molecule has 29 heavy (non-hydrogen) atoms. The molecule has 0 bridgehead atoms. The van der Waals surface area contributed by atoms with E-state index in [0.29, 0.717) is 17.6 Å². The lowest BCUT2D eigenvalue weighted by Gasteiger charge is -2.35. The molecular weight excluding hydrogens is 366 g/mol. The Morgan fingerprint density at radius 3 is 2.28 bits per heavy atom. The Morgan fingerprint density at radius 2 is 1.59 bits per heavy atom. The van der Waals surface area contributed by atoms with Crippen molar-refractivity contribution in [3.05, 3.63) is 54.1 Å². The molecule has 1 aliphatic carbocycles. The second kappa shape index (κ2) is 9.06. The highest BCUT2D eigenvalue weighted by molar-refractivity contribution is 5.39. The lowest BCUT2D eigenvalue weighted by Crippen LogP contribution is -2.42. The number of aliphatic hydroxyl groups is 1. The molecule has 1 N–H and O–H groups in total. The van der Waals surface area contributed by atoms with Gasteiger partial charge in [-0.15, -0.1) is 0 Å². The first-order chi connectivity index (χ1) is 14.2. The summed E-state index contributed by atoms with van der Waals surface area (Å²) in [5.41, 5.74) is 1.33. The van der Waals surface area contributed by atoms with Gasteiger partial charge in [0, 0.05) is 19.6 Å². The summed E-state index contributed by atoms with van der Waals surface area (Å²) in [5.74, 6) is 3.46. The summed E-state index contributed by atoms with van der Waals surface area (Å²) in [6.45, 7) is 3.20. The molecule has 0 unspecified atom stereocenters. The largest absolute Gasteiger partial charge is 0.497 e. The van der Waals surface area contributed by atoms with Gasteiger partial charge in [0.2, 0.25) is 0 Å². The van der Waals surface area contributed by atoms with Crippen molar-refractivity contribution in [3.63, 3.8) is 0 Å². The Morgan fingerprint density at radius 1 is 0.897 bits per heavy atom. The highest BCUT2D eigenvalue weighted by atomic mass is 16.5. The monoisotopic (exact) mass is 397 g/mol. The first-order valence-corrected chi connectivity index (χ1v) is 10.5. The first kappa shape index (κ1) is 20.0. The summed E-state index contributed by atoms with van der Waals surface area (Å²) < 4.78 is 16.8. The fourth-order valence-corrected chi connectivity index (χ4v) is 4.76. The maximum atomic E-state index is 10.7. The predicted octanol–water partition coefficient (Wildman–Crippen LogP) is 3.40.